The summed E-state index contributed by atoms with van der Waals surface area (Å²) in [6.45, 7) is 6.25. The summed E-state index contributed by atoms with van der Waals surface area (Å²) in [6.07, 6.45) is 3.95. The number of ether oxygens (including phenoxy) is 1. The standard InChI is InChI=1S/C15H24N2O/c1-2-9-18-15-7-4-8-17(12-15)11-13-5-3-6-14(16)10-13/h3,5-6,10,15H,2,4,7-9,11-12,16H2,1H3. The molecule has 1 fully saturated rings. The van der Waals surface area contributed by atoms with E-state index in [0.717, 1.165) is 31.8 Å². The first-order valence-corrected chi connectivity index (χ1v) is 6.96. The number of hydrogen-bond donors (Lipinski definition) is 1. The van der Waals surface area contributed by atoms with Crippen molar-refractivity contribution in [2.75, 3.05) is 25.4 Å². The molecule has 1 unspecified atom stereocenters. The third-order valence-corrected chi connectivity index (χ3v) is 3.38. The average Bonchev–Trinajstić information content (AvgIpc) is 2.37. The molecule has 0 radical (unpaired) electrons. The highest BCUT2D eigenvalue weighted by molar-refractivity contribution is 5.40. The fourth-order valence-corrected chi connectivity index (χ4v) is 2.53. The number of likely N-dealkylation sites (tertiary alicyclic amines) is 1. The number of hydrogen-bond acceptors (Lipinski definition) is 3. The van der Waals surface area contributed by atoms with Crippen molar-refractivity contribution < 1.29 is 4.74 Å². The number of nitrogens with zero attached hydrogens (tertiary/aromatic N) is 1. The lowest BCUT2D eigenvalue weighted by Crippen LogP contribution is -2.39. The Bertz CT molecular complexity index is 367. The molecular weight excluding hydrogens is 224 g/mol. The smallest absolute Gasteiger partial charge is 0.0702 e. The van der Waals surface area contributed by atoms with Gasteiger partial charge in [0.2, 0.25) is 0 Å². The quantitative estimate of drug-likeness (QED) is 0.814. The van der Waals surface area contributed by atoms with Crippen LogP contribution in [0.15, 0.2) is 24.3 Å². The molecule has 18 heavy (non-hydrogen) atoms. The zero-order valence-electron chi connectivity index (χ0n) is 11.3. The normalized spacial score (nSPS) is 21.1. The van der Waals surface area contributed by atoms with Crippen molar-refractivity contribution in [1.29, 1.82) is 0 Å². The lowest BCUT2D eigenvalue weighted by Gasteiger charge is -2.32. The Kier molecular flexibility index (Phi) is 5.02. The number of rotatable bonds is 5. The highest BCUT2D eigenvalue weighted by Gasteiger charge is 2.20. The molecule has 1 aliphatic heterocycles. The Morgan fingerprint density at radius 2 is 2.33 bits per heavy atom. The van der Waals surface area contributed by atoms with Gasteiger partial charge in [-0.15, -0.1) is 0 Å². The molecule has 1 aromatic rings. The summed E-state index contributed by atoms with van der Waals surface area (Å²) in [5.74, 6) is 0. The second-order valence-corrected chi connectivity index (χ2v) is 5.12. The van der Waals surface area contributed by atoms with Crippen molar-refractivity contribution in [3.05, 3.63) is 29.8 Å². The van der Waals surface area contributed by atoms with Gasteiger partial charge in [0.05, 0.1) is 6.10 Å². The molecule has 3 nitrogen and oxygen atoms in total. The summed E-state index contributed by atoms with van der Waals surface area (Å²) in [4.78, 5) is 2.47. The maximum absolute atomic E-state index is 5.86. The van der Waals surface area contributed by atoms with Gasteiger partial charge >= 0.3 is 0 Å². The third kappa shape index (κ3) is 4.00. The van der Waals surface area contributed by atoms with Gasteiger partial charge in [0, 0.05) is 25.4 Å². The zero-order chi connectivity index (χ0) is 12.8. The number of benzene rings is 1. The van der Waals surface area contributed by atoms with E-state index in [4.69, 9.17) is 10.5 Å². The summed E-state index contributed by atoms with van der Waals surface area (Å²) in [5, 5.41) is 0. The monoisotopic (exact) mass is 248 g/mol. The second-order valence-electron chi connectivity index (χ2n) is 5.12. The van der Waals surface area contributed by atoms with E-state index in [2.05, 4.69) is 24.0 Å². The van der Waals surface area contributed by atoms with Crippen molar-refractivity contribution in [1.82, 2.24) is 4.90 Å². The highest BCUT2D eigenvalue weighted by atomic mass is 16.5. The lowest BCUT2D eigenvalue weighted by atomic mass is 10.1. The molecule has 1 heterocycles. The van der Waals surface area contributed by atoms with Gasteiger partial charge in [-0.25, -0.2) is 0 Å². The molecule has 1 saturated heterocycles. The summed E-state index contributed by atoms with van der Waals surface area (Å²) >= 11 is 0. The van der Waals surface area contributed by atoms with E-state index in [9.17, 15) is 0 Å². The Morgan fingerprint density at radius 1 is 1.44 bits per heavy atom. The fraction of sp³-hybridized carbons (Fsp3) is 0.600. The Hall–Kier alpha value is -1.06. The molecule has 3 heteroatoms. The first-order valence-electron chi connectivity index (χ1n) is 6.96. The fourth-order valence-electron chi connectivity index (χ4n) is 2.53. The van der Waals surface area contributed by atoms with Gasteiger partial charge in [0.1, 0.15) is 0 Å². The van der Waals surface area contributed by atoms with Crippen LogP contribution in [0.2, 0.25) is 0 Å². The van der Waals surface area contributed by atoms with E-state index >= 15 is 0 Å². The van der Waals surface area contributed by atoms with Crippen LogP contribution < -0.4 is 5.73 Å². The Labute approximate surface area is 110 Å². The number of anilines is 1. The summed E-state index contributed by atoms with van der Waals surface area (Å²) < 4.78 is 5.86. The van der Waals surface area contributed by atoms with Gasteiger partial charge in [-0.1, -0.05) is 19.1 Å². The number of nitrogen functional groups attached to an aromatic ring is 1. The minimum Gasteiger partial charge on any atom is -0.399 e. The molecule has 0 bridgehead atoms. The van der Waals surface area contributed by atoms with Crippen LogP contribution >= 0.6 is 0 Å². The van der Waals surface area contributed by atoms with Crippen LogP contribution in [0.4, 0.5) is 5.69 Å². The minimum absolute atomic E-state index is 0.416. The lowest BCUT2D eigenvalue weighted by molar-refractivity contribution is -0.00222. The molecule has 1 aromatic carbocycles. The van der Waals surface area contributed by atoms with Gasteiger partial charge in [-0.2, -0.15) is 0 Å². The number of piperidine rings is 1. The van der Waals surface area contributed by atoms with E-state index in [1.807, 2.05) is 12.1 Å². The molecule has 0 aliphatic carbocycles. The number of nitrogens with two attached hydrogens (primary N) is 1. The molecule has 1 atom stereocenters. The molecule has 1 aliphatic rings. The van der Waals surface area contributed by atoms with E-state index < -0.39 is 0 Å². The van der Waals surface area contributed by atoms with Gasteiger partial charge in [0.25, 0.3) is 0 Å². The maximum atomic E-state index is 5.86. The van der Waals surface area contributed by atoms with Crippen LogP contribution in [0.25, 0.3) is 0 Å². The molecule has 0 saturated carbocycles. The summed E-state index contributed by atoms with van der Waals surface area (Å²) in [6, 6.07) is 8.18. The van der Waals surface area contributed by atoms with E-state index in [-0.39, 0.29) is 0 Å². The van der Waals surface area contributed by atoms with E-state index in [1.54, 1.807) is 0 Å². The first kappa shape index (κ1) is 13.4. The van der Waals surface area contributed by atoms with Gasteiger partial charge in [0.15, 0.2) is 0 Å². The SMILES string of the molecule is CCCOC1CCCN(Cc2cccc(N)c2)C1. The maximum Gasteiger partial charge on any atom is 0.0702 e. The molecule has 2 N–H and O–H groups in total. The van der Waals surface area contributed by atoms with Crippen molar-refractivity contribution in [2.45, 2.75) is 38.8 Å². The summed E-state index contributed by atoms with van der Waals surface area (Å²) in [7, 11) is 0. The second kappa shape index (κ2) is 6.76. The van der Waals surface area contributed by atoms with Crippen molar-refractivity contribution in [2.24, 2.45) is 0 Å². The van der Waals surface area contributed by atoms with Gasteiger partial charge in [-0.3, -0.25) is 4.90 Å². The van der Waals surface area contributed by atoms with Crippen LogP contribution in [-0.2, 0) is 11.3 Å². The van der Waals surface area contributed by atoms with Gasteiger partial charge in [-0.05, 0) is 43.5 Å². The van der Waals surface area contributed by atoms with E-state index in [1.165, 1.54) is 24.9 Å². The summed E-state index contributed by atoms with van der Waals surface area (Å²) in [5.41, 5.74) is 7.96. The van der Waals surface area contributed by atoms with Crippen LogP contribution in [0.5, 0.6) is 0 Å². The predicted molar refractivity (Wildman–Crippen MR) is 75.4 cm³/mol. The van der Waals surface area contributed by atoms with Crippen molar-refractivity contribution >= 4 is 5.69 Å². The van der Waals surface area contributed by atoms with Gasteiger partial charge < -0.3 is 10.5 Å². The van der Waals surface area contributed by atoms with Crippen LogP contribution in [0, 0.1) is 0 Å². The largest absolute Gasteiger partial charge is 0.399 e. The molecule has 0 aromatic heterocycles. The Morgan fingerprint density at radius 3 is 3.11 bits per heavy atom. The van der Waals surface area contributed by atoms with Crippen molar-refractivity contribution in [3.63, 3.8) is 0 Å². The molecule has 2 rings (SSSR count). The third-order valence-electron chi connectivity index (χ3n) is 3.38. The molecule has 0 amide bonds. The van der Waals surface area contributed by atoms with E-state index in [0.29, 0.717) is 6.10 Å². The highest BCUT2D eigenvalue weighted by Crippen LogP contribution is 2.17. The molecule has 0 spiro atoms. The molecular formula is C15H24N2O. The topological polar surface area (TPSA) is 38.5 Å². The Balaban J connectivity index is 1.85. The van der Waals surface area contributed by atoms with Crippen LogP contribution in [-0.4, -0.2) is 30.7 Å². The van der Waals surface area contributed by atoms with Crippen LogP contribution in [0.1, 0.15) is 31.7 Å². The first-order chi connectivity index (χ1) is 8.78. The average molecular weight is 248 g/mol. The van der Waals surface area contributed by atoms with Crippen LogP contribution in [0.3, 0.4) is 0 Å². The molecule has 100 valence electrons. The zero-order valence-corrected chi connectivity index (χ0v) is 11.3. The van der Waals surface area contributed by atoms with Crippen molar-refractivity contribution in [3.8, 4) is 0 Å². The minimum atomic E-state index is 0.416. The predicted octanol–water partition coefficient (Wildman–Crippen LogP) is 2.66.